The normalized spacial score (nSPS) is 18.8. The van der Waals surface area contributed by atoms with Crippen LogP contribution in [-0.2, 0) is 4.74 Å². The average molecular weight is 343 g/mol. The lowest BCUT2D eigenvalue weighted by Gasteiger charge is -2.33. The molecule has 0 unspecified atom stereocenters. The van der Waals surface area contributed by atoms with Gasteiger partial charge in [0.25, 0.3) is 5.91 Å². The topological polar surface area (TPSA) is 57.4 Å². The van der Waals surface area contributed by atoms with Gasteiger partial charge in [-0.15, -0.1) is 0 Å². The minimum absolute atomic E-state index is 0.0373. The molecule has 1 fully saturated rings. The number of aryl methyl sites for hydroxylation is 2. The van der Waals surface area contributed by atoms with Crippen LogP contribution in [-0.4, -0.2) is 54.7 Å². The number of nitrogens with zero attached hydrogens (tertiary/aromatic N) is 1. The lowest BCUT2D eigenvalue weighted by molar-refractivity contribution is -0.0295. The van der Waals surface area contributed by atoms with Crippen molar-refractivity contribution in [1.29, 1.82) is 0 Å². The van der Waals surface area contributed by atoms with Crippen LogP contribution in [0, 0.1) is 19.8 Å². The van der Waals surface area contributed by atoms with Crippen molar-refractivity contribution in [3.8, 4) is 0 Å². The van der Waals surface area contributed by atoms with Crippen molar-refractivity contribution in [2.75, 3.05) is 32.8 Å². The molecule has 1 aromatic carbocycles. The van der Waals surface area contributed by atoms with Crippen LogP contribution in [0.15, 0.2) is 18.2 Å². The van der Waals surface area contributed by atoms with Gasteiger partial charge in [-0.2, -0.15) is 0 Å². The molecule has 1 saturated heterocycles. The van der Waals surface area contributed by atoms with Crippen LogP contribution in [0.5, 0.6) is 0 Å². The van der Waals surface area contributed by atoms with Gasteiger partial charge in [-0.3, -0.25) is 9.69 Å². The molecule has 5 nitrogen and oxygen atoms in total. The molecule has 0 aliphatic carbocycles. The first-order valence-corrected chi connectivity index (χ1v) is 9.15. The molecular weight excluding hydrogens is 314 g/mol. The van der Waals surface area contributed by atoms with Crippen molar-refractivity contribution in [2.45, 2.75) is 33.8 Å². The molecule has 0 spiro atoms. The Morgan fingerprint density at radius 2 is 2.20 bits per heavy atom. The molecule has 2 heterocycles. The van der Waals surface area contributed by atoms with Gasteiger partial charge in [-0.05, 0) is 43.5 Å². The monoisotopic (exact) mass is 343 g/mol. The van der Waals surface area contributed by atoms with Crippen LogP contribution in [0.25, 0.3) is 10.9 Å². The van der Waals surface area contributed by atoms with Crippen molar-refractivity contribution in [3.63, 3.8) is 0 Å². The van der Waals surface area contributed by atoms with Crippen molar-refractivity contribution in [1.82, 2.24) is 15.2 Å². The molecule has 25 heavy (non-hydrogen) atoms. The standard InChI is InChI=1S/C20H29N3O2/c1-13(2)11-23-7-8-25-17(12-23)10-21-20(24)16-5-6-19-18(9-16)14(3)15(4)22-19/h5-6,9,13,17,22H,7-8,10-12H2,1-4H3,(H,21,24)/t17-/m0/s1. The molecule has 1 aromatic heterocycles. The highest BCUT2D eigenvalue weighted by molar-refractivity contribution is 5.99. The minimum Gasteiger partial charge on any atom is -0.374 e. The number of benzene rings is 1. The number of hydrogen-bond donors (Lipinski definition) is 2. The summed E-state index contributed by atoms with van der Waals surface area (Å²) in [5.74, 6) is 0.609. The lowest BCUT2D eigenvalue weighted by atomic mass is 10.1. The summed E-state index contributed by atoms with van der Waals surface area (Å²) in [6, 6.07) is 5.82. The number of ether oxygens (including phenoxy) is 1. The molecule has 0 radical (unpaired) electrons. The van der Waals surface area contributed by atoms with Gasteiger partial charge in [0.1, 0.15) is 0 Å². The molecule has 3 rings (SSSR count). The number of carbonyl (C=O) groups is 1. The maximum absolute atomic E-state index is 12.5. The zero-order chi connectivity index (χ0) is 18.0. The Balaban J connectivity index is 1.60. The van der Waals surface area contributed by atoms with Crippen molar-refractivity contribution < 1.29 is 9.53 Å². The van der Waals surface area contributed by atoms with E-state index >= 15 is 0 Å². The van der Waals surface area contributed by atoms with Crippen LogP contribution in [0.2, 0.25) is 0 Å². The number of amides is 1. The second-order valence-electron chi connectivity index (χ2n) is 7.49. The third kappa shape index (κ3) is 4.22. The number of hydrogen-bond acceptors (Lipinski definition) is 3. The number of fused-ring (bicyclic) bond motifs is 1. The predicted molar refractivity (Wildman–Crippen MR) is 101 cm³/mol. The smallest absolute Gasteiger partial charge is 0.251 e. The second kappa shape index (κ2) is 7.58. The largest absolute Gasteiger partial charge is 0.374 e. The highest BCUT2D eigenvalue weighted by Gasteiger charge is 2.21. The fraction of sp³-hybridized carbons (Fsp3) is 0.550. The first-order chi connectivity index (χ1) is 11.9. The Hall–Kier alpha value is -1.85. The first-order valence-electron chi connectivity index (χ1n) is 9.15. The fourth-order valence-electron chi connectivity index (χ4n) is 3.50. The fourth-order valence-corrected chi connectivity index (χ4v) is 3.50. The SMILES string of the molecule is Cc1[nH]c2ccc(C(=O)NC[C@H]3CN(CC(C)C)CCO3)cc2c1C. The zero-order valence-corrected chi connectivity index (χ0v) is 15.7. The van der Waals surface area contributed by atoms with Gasteiger partial charge in [0.2, 0.25) is 0 Å². The van der Waals surface area contributed by atoms with E-state index in [1.165, 1.54) is 5.56 Å². The molecular formula is C20H29N3O2. The maximum Gasteiger partial charge on any atom is 0.251 e. The Labute approximate surface area is 149 Å². The van der Waals surface area contributed by atoms with Crippen LogP contribution >= 0.6 is 0 Å². The molecule has 5 heteroatoms. The average Bonchev–Trinajstić information content (AvgIpc) is 2.86. The van der Waals surface area contributed by atoms with E-state index in [0.717, 1.165) is 42.8 Å². The first kappa shape index (κ1) is 18.0. The second-order valence-corrected chi connectivity index (χ2v) is 7.49. The third-order valence-electron chi connectivity index (χ3n) is 4.91. The van der Waals surface area contributed by atoms with Crippen LogP contribution in [0.1, 0.15) is 35.5 Å². The van der Waals surface area contributed by atoms with E-state index < -0.39 is 0 Å². The lowest BCUT2D eigenvalue weighted by Crippen LogP contribution is -2.48. The molecule has 136 valence electrons. The van der Waals surface area contributed by atoms with E-state index in [1.54, 1.807) is 0 Å². The van der Waals surface area contributed by atoms with Gasteiger partial charge in [-0.25, -0.2) is 0 Å². The molecule has 1 aliphatic rings. The van der Waals surface area contributed by atoms with Gasteiger partial charge in [0.05, 0.1) is 12.7 Å². The molecule has 1 amide bonds. The van der Waals surface area contributed by atoms with E-state index in [9.17, 15) is 4.79 Å². The zero-order valence-electron chi connectivity index (χ0n) is 15.7. The van der Waals surface area contributed by atoms with E-state index in [0.29, 0.717) is 18.0 Å². The Kier molecular flexibility index (Phi) is 5.45. The van der Waals surface area contributed by atoms with Crippen molar-refractivity contribution in [3.05, 3.63) is 35.0 Å². The summed E-state index contributed by atoms with van der Waals surface area (Å²) in [5.41, 5.74) is 4.12. The predicted octanol–water partition coefficient (Wildman–Crippen LogP) is 2.87. The van der Waals surface area contributed by atoms with Gasteiger partial charge < -0.3 is 15.0 Å². The Bertz CT molecular complexity index is 751. The molecule has 2 aromatic rings. The molecule has 0 bridgehead atoms. The van der Waals surface area contributed by atoms with Crippen LogP contribution in [0.3, 0.4) is 0 Å². The van der Waals surface area contributed by atoms with Gasteiger partial charge in [-0.1, -0.05) is 13.8 Å². The number of H-pyrrole nitrogens is 1. The third-order valence-corrected chi connectivity index (χ3v) is 4.91. The number of rotatable bonds is 5. The summed E-state index contributed by atoms with van der Waals surface area (Å²) in [4.78, 5) is 18.3. The summed E-state index contributed by atoms with van der Waals surface area (Å²) >= 11 is 0. The van der Waals surface area contributed by atoms with Crippen molar-refractivity contribution in [2.24, 2.45) is 5.92 Å². The van der Waals surface area contributed by atoms with E-state index in [1.807, 2.05) is 18.2 Å². The number of aromatic nitrogens is 1. The van der Waals surface area contributed by atoms with Crippen molar-refractivity contribution >= 4 is 16.8 Å². The number of nitrogens with one attached hydrogen (secondary N) is 2. The Morgan fingerprint density at radius 1 is 1.40 bits per heavy atom. The molecule has 1 atom stereocenters. The van der Waals surface area contributed by atoms with Gasteiger partial charge >= 0.3 is 0 Å². The molecule has 1 aliphatic heterocycles. The summed E-state index contributed by atoms with van der Waals surface area (Å²) < 4.78 is 5.81. The highest BCUT2D eigenvalue weighted by atomic mass is 16.5. The van der Waals surface area contributed by atoms with Gasteiger partial charge in [0.15, 0.2) is 0 Å². The van der Waals surface area contributed by atoms with E-state index in [-0.39, 0.29) is 12.0 Å². The number of aromatic amines is 1. The summed E-state index contributed by atoms with van der Waals surface area (Å²) in [5, 5.41) is 4.15. The molecule has 0 saturated carbocycles. The highest BCUT2D eigenvalue weighted by Crippen LogP contribution is 2.22. The summed E-state index contributed by atoms with van der Waals surface area (Å²) in [6.45, 7) is 12.8. The maximum atomic E-state index is 12.5. The number of morpholine rings is 1. The van der Waals surface area contributed by atoms with E-state index in [2.05, 4.69) is 42.9 Å². The minimum atomic E-state index is -0.0373. The van der Waals surface area contributed by atoms with Gasteiger partial charge in [0, 0.05) is 48.3 Å². The summed E-state index contributed by atoms with van der Waals surface area (Å²) in [6.07, 6.45) is 0.0661. The Morgan fingerprint density at radius 3 is 2.96 bits per heavy atom. The summed E-state index contributed by atoms with van der Waals surface area (Å²) in [7, 11) is 0. The van der Waals surface area contributed by atoms with E-state index in [4.69, 9.17) is 4.74 Å². The number of carbonyl (C=O) groups excluding carboxylic acids is 1. The quantitative estimate of drug-likeness (QED) is 0.878. The molecule has 2 N–H and O–H groups in total. The van der Waals surface area contributed by atoms with Crippen LogP contribution in [0.4, 0.5) is 0 Å². The van der Waals surface area contributed by atoms with Crippen LogP contribution < -0.4 is 5.32 Å².